The number of thioether (sulfide) groups is 1. The number of fused-ring (bicyclic) bond motifs is 1. The maximum absolute atomic E-state index is 12.1. The Morgan fingerprint density at radius 1 is 1.40 bits per heavy atom. The zero-order valence-electron chi connectivity index (χ0n) is 12.0. The molecule has 112 valence electrons. The van der Waals surface area contributed by atoms with Crippen molar-refractivity contribution in [2.24, 2.45) is 4.99 Å². The van der Waals surface area contributed by atoms with Gasteiger partial charge >= 0.3 is 6.03 Å². The van der Waals surface area contributed by atoms with Gasteiger partial charge in [0.2, 0.25) is 0 Å². The SMILES string of the molecule is CCOCCN1C(SCC)=NC2C1C(=O)NC(=O)N2C. The summed E-state index contributed by atoms with van der Waals surface area (Å²) in [6.07, 6.45) is -0.438. The molecule has 0 aromatic heterocycles. The van der Waals surface area contributed by atoms with Gasteiger partial charge in [0.1, 0.15) is 0 Å². The molecule has 2 atom stereocenters. The maximum atomic E-state index is 12.1. The third-order valence-electron chi connectivity index (χ3n) is 3.28. The van der Waals surface area contributed by atoms with E-state index in [0.717, 1.165) is 10.9 Å². The highest BCUT2D eigenvalue weighted by Crippen LogP contribution is 2.27. The van der Waals surface area contributed by atoms with Crippen molar-refractivity contribution >= 4 is 28.9 Å². The van der Waals surface area contributed by atoms with Gasteiger partial charge in [-0.05, 0) is 12.7 Å². The van der Waals surface area contributed by atoms with Gasteiger partial charge in [0.15, 0.2) is 17.4 Å². The molecular weight excluding hydrogens is 280 g/mol. The molecule has 1 fully saturated rings. The number of amidine groups is 1. The molecule has 0 bridgehead atoms. The number of ether oxygens (including phenoxy) is 1. The van der Waals surface area contributed by atoms with E-state index in [2.05, 4.69) is 10.3 Å². The molecule has 1 N–H and O–H groups in total. The normalized spacial score (nSPS) is 25.6. The summed E-state index contributed by atoms with van der Waals surface area (Å²) in [4.78, 5) is 31.7. The Kier molecular flexibility index (Phi) is 4.87. The first-order chi connectivity index (χ1) is 9.60. The highest BCUT2D eigenvalue weighted by Gasteiger charge is 2.48. The largest absolute Gasteiger partial charge is 0.380 e. The number of hydrogen-bond acceptors (Lipinski definition) is 6. The highest BCUT2D eigenvalue weighted by molar-refractivity contribution is 8.13. The van der Waals surface area contributed by atoms with Gasteiger partial charge in [-0.2, -0.15) is 0 Å². The summed E-state index contributed by atoms with van der Waals surface area (Å²) in [6.45, 7) is 5.73. The second-order valence-corrected chi connectivity index (χ2v) is 5.73. The number of carbonyl (C=O) groups is 2. The molecular formula is C12H20N4O3S. The van der Waals surface area contributed by atoms with Crippen LogP contribution in [0.1, 0.15) is 13.8 Å². The summed E-state index contributed by atoms with van der Waals surface area (Å²) in [5, 5.41) is 3.17. The molecule has 8 heteroatoms. The van der Waals surface area contributed by atoms with Gasteiger partial charge in [0, 0.05) is 20.2 Å². The van der Waals surface area contributed by atoms with Crippen molar-refractivity contribution in [1.82, 2.24) is 15.1 Å². The number of nitrogens with zero attached hydrogens (tertiary/aromatic N) is 3. The van der Waals surface area contributed by atoms with Gasteiger partial charge in [0.25, 0.3) is 5.91 Å². The Bertz CT molecular complexity index is 429. The third-order valence-corrected chi connectivity index (χ3v) is 4.16. The van der Waals surface area contributed by atoms with E-state index in [-0.39, 0.29) is 5.91 Å². The minimum atomic E-state index is -0.452. The predicted molar refractivity (Wildman–Crippen MR) is 77.6 cm³/mol. The zero-order chi connectivity index (χ0) is 14.7. The first-order valence-electron chi connectivity index (χ1n) is 6.72. The lowest BCUT2D eigenvalue weighted by molar-refractivity contribution is -0.127. The minimum absolute atomic E-state index is 0.287. The van der Waals surface area contributed by atoms with Crippen LogP contribution in [-0.4, -0.2) is 71.7 Å². The van der Waals surface area contributed by atoms with E-state index in [1.54, 1.807) is 18.8 Å². The van der Waals surface area contributed by atoms with Gasteiger partial charge in [-0.3, -0.25) is 10.1 Å². The van der Waals surface area contributed by atoms with Gasteiger partial charge < -0.3 is 14.5 Å². The fourth-order valence-electron chi connectivity index (χ4n) is 2.29. The molecule has 0 spiro atoms. The Hall–Kier alpha value is -1.28. The number of nitrogens with one attached hydrogen (secondary N) is 1. The van der Waals surface area contributed by atoms with Crippen molar-refractivity contribution < 1.29 is 14.3 Å². The van der Waals surface area contributed by atoms with E-state index in [0.29, 0.717) is 19.8 Å². The van der Waals surface area contributed by atoms with Crippen LogP contribution in [-0.2, 0) is 9.53 Å². The number of imide groups is 1. The predicted octanol–water partition coefficient (Wildman–Crippen LogP) is 0.324. The molecule has 2 heterocycles. The van der Waals surface area contributed by atoms with Crippen LogP contribution in [0.15, 0.2) is 4.99 Å². The number of carbonyl (C=O) groups excluding carboxylic acids is 2. The molecule has 2 unspecified atom stereocenters. The molecule has 0 saturated carbocycles. The van der Waals surface area contributed by atoms with Crippen LogP contribution in [0.3, 0.4) is 0 Å². The molecule has 0 aromatic carbocycles. The van der Waals surface area contributed by atoms with Gasteiger partial charge in [-0.25, -0.2) is 9.79 Å². The standard InChI is InChI=1S/C12H20N4O3S/c1-4-19-7-6-16-8-9(13-12(16)20-5-2)15(3)11(18)14-10(8)17/h8-9H,4-7H2,1-3H3,(H,14,17,18). The average molecular weight is 300 g/mol. The van der Waals surface area contributed by atoms with Crippen LogP contribution >= 0.6 is 11.8 Å². The highest BCUT2D eigenvalue weighted by atomic mass is 32.2. The van der Waals surface area contributed by atoms with Gasteiger partial charge in [0.05, 0.1) is 6.61 Å². The number of urea groups is 1. The van der Waals surface area contributed by atoms with Crippen molar-refractivity contribution in [2.45, 2.75) is 26.1 Å². The van der Waals surface area contributed by atoms with Crippen LogP contribution in [0.5, 0.6) is 0 Å². The third kappa shape index (κ3) is 2.76. The number of hydrogen-bond donors (Lipinski definition) is 1. The van der Waals surface area contributed by atoms with Crippen molar-refractivity contribution in [3.8, 4) is 0 Å². The van der Waals surface area contributed by atoms with Crippen molar-refractivity contribution in [2.75, 3.05) is 32.6 Å². The number of likely N-dealkylation sites (N-methyl/N-ethyl adjacent to an activating group) is 1. The summed E-state index contributed by atoms with van der Waals surface area (Å²) in [6, 6.07) is -0.847. The molecule has 3 amide bonds. The van der Waals surface area contributed by atoms with Gasteiger partial charge in [-0.1, -0.05) is 18.7 Å². The Labute approximate surface area is 122 Å². The molecule has 2 aliphatic rings. The quantitative estimate of drug-likeness (QED) is 0.740. The summed E-state index contributed by atoms with van der Waals surface area (Å²) in [5.74, 6) is 0.577. The van der Waals surface area contributed by atoms with Crippen molar-refractivity contribution in [3.63, 3.8) is 0 Å². The first-order valence-corrected chi connectivity index (χ1v) is 7.71. The van der Waals surface area contributed by atoms with Crippen molar-refractivity contribution in [1.29, 1.82) is 0 Å². The van der Waals surface area contributed by atoms with Gasteiger partial charge in [-0.15, -0.1) is 0 Å². The summed E-state index contributed by atoms with van der Waals surface area (Å²) in [5.41, 5.74) is 0. The molecule has 1 saturated heterocycles. The first kappa shape index (κ1) is 15.1. The lowest BCUT2D eigenvalue weighted by atomic mass is 10.1. The Morgan fingerprint density at radius 3 is 2.80 bits per heavy atom. The lowest BCUT2D eigenvalue weighted by Crippen LogP contribution is -2.63. The fourth-order valence-corrected chi connectivity index (χ4v) is 3.10. The molecule has 7 nitrogen and oxygen atoms in total. The summed E-state index contributed by atoms with van der Waals surface area (Å²) >= 11 is 1.58. The summed E-state index contributed by atoms with van der Waals surface area (Å²) < 4.78 is 5.37. The topological polar surface area (TPSA) is 74.2 Å². The van der Waals surface area contributed by atoms with E-state index in [1.165, 1.54) is 4.90 Å². The minimum Gasteiger partial charge on any atom is -0.380 e. The average Bonchev–Trinajstić information content (AvgIpc) is 2.77. The Balaban J connectivity index is 2.18. The molecule has 2 aliphatic heterocycles. The van der Waals surface area contributed by atoms with Crippen molar-refractivity contribution in [3.05, 3.63) is 0 Å². The van der Waals surface area contributed by atoms with E-state index in [9.17, 15) is 9.59 Å². The molecule has 0 radical (unpaired) electrons. The monoisotopic (exact) mass is 300 g/mol. The van der Waals surface area contributed by atoms with Crippen LogP contribution in [0, 0.1) is 0 Å². The number of amides is 3. The molecule has 0 aliphatic carbocycles. The second kappa shape index (κ2) is 6.45. The van der Waals surface area contributed by atoms with E-state index in [1.807, 2.05) is 18.7 Å². The molecule has 20 heavy (non-hydrogen) atoms. The smallest absolute Gasteiger partial charge is 0.325 e. The van der Waals surface area contributed by atoms with Crippen LogP contribution in [0.2, 0.25) is 0 Å². The van der Waals surface area contributed by atoms with E-state index < -0.39 is 18.2 Å². The fraction of sp³-hybridized carbons (Fsp3) is 0.750. The number of rotatable bonds is 5. The second-order valence-electron chi connectivity index (χ2n) is 4.50. The molecule has 0 aromatic rings. The van der Waals surface area contributed by atoms with E-state index >= 15 is 0 Å². The summed E-state index contributed by atoms with van der Waals surface area (Å²) in [7, 11) is 1.66. The van der Waals surface area contributed by atoms with Crippen LogP contribution in [0.4, 0.5) is 4.79 Å². The molecule has 2 rings (SSSR count). The van der Waals surface area contributed by atoms with Crippen LogP contribution in [0.25, 0.3) is 0 Å². The van der Waals surface area contributed by atoms with Crippen LogP contribution < -0.4 is 5.32 Å². The maximum Gasteiger partial charge on any atom is 0.325 e. The Morgan fingerprint density at radius 2 is 2.15 bits per heavy atom. The lowest BCUT2D eigenvalue weighted by Gasteiger charge is -2.36. The zero-order valence-corrected chi connectivity index (χ0v) is 12.8. The number of aliphatic imine (C=N–C) groups is 1. The van der Waals surface area contributed by atoms with E-state index in [4.69, 9.17) is 4.74 Å².